The molecule has 2 aliphatic rings. The molecule has 2 amide bonds. The Morgan fingerprint density at radius 3 is 2.18 bits per heavy atom. The zero-order valence-corrected chi connectivity index (χ0v) is 13.8. The third-order valence-corrected chi connectivity index (χ3v) is 4.82. The molecule has 0 aromatic carbocycles. The van der Waals surface area contributed by atoms with Gasteiger partial charge in [-0.1, -0.05) is 12.8 Å². The van der Waals surface area contributed by atoms with Crippen molar-refractivity contribution in [1.82, 2.24) is 15.1 Å². The maximum absolute atomic E-state index is 12.3. The molecule has 0 bridgehead atoms. The van der Waals surface area contributed by atoms with Crippen molar-refractivity contribution >= 4 is 12.0 Å². The fraction of sp³-hybridized carbons (Fsp3) is 0.875. The Bertz CT molecular complexity index is 373. The Morgan fingerprint density at radius 1 is 1.05 bits per heavy atom. The molecule has 0 aromatic rings. The minimum atomic E-state index is -0.555. The summed E-state index contributed by atoms with van der Waals surface area (Å²) in [5.41, 5.74) is 0. The van der Waals surface area contributed by atoms with E-state index in [0.29, 0.717) is 6.04 Å². The van der Waals surface area contributed by atoms with Gasteiger partial charge in [0.15, 0.2) is 0 Å². The molecule has 1 N–H and O–H groups in total. The third kappa shape index (κ3) is 4.60. The number of carbonyl (C=O) groups is 2. The van der Waals surface area contributed by atoms with E-state index in [1.165, 1.54) is 45.9 Å². The van der Waals surface area contributed by atoms with Gasteiger partial charge in [-0.25, -0.2) is 4.79 Å². The maximum atomic E-state index is 12.3. The van der Waals surface area contributed by atoms with Gasteiger partial charge in [0.1, 0.15) is 6.04 Å². The summed E-state index contributed by atoms with van der Waals surface area (Å²) in [5, 5.41) is 2.55. The van der Waals surface area contributed by atoms with Crippen molar-refractivity contribution in [2.24, 2.45) is 0 Å². The summed E-state index contributed by atoms with van der Waals surface area (Å²) >= 11 is 0. The van der Waals surface area contributed by atoms with Crippen LogP contribution in [-0.2, 0) is 9.53 Å². The van der Waals surface area contributed by atoms with Gasteiger partial charge < -0.3 is 19.9 Å². The monoisotopic (exact) mass is 311 g/mol. The van der Waals surface area contributed by atoms with Crippen molar-refractivity contribution < 1.29 is 14.3 Å². The zero-order chi connectivity index (χ0) is 15.9. The minimum absolute atomic E-state index is 0.0142. The highest BCUT2D eigenvalue weighted by Gasteiger charge is 2.29. The van der Waals surface area contributed by atoms with E-state index in [-0.39, 0.29) is 5.91 Å². The SMILES string of the molecule is COC(=O)N[C@@H](C)C(=O)N1CCC(N2CCCCCC2)CC1. The Labute approximate surface area is 133 Å². The van der Waals surface area contributed by atoms with Crippen LogP contribution in [0.5, 0.6) is 0 Å². The summed E-state index contributed by atoms with van der Waals surface area (Å²) in [6, 6.07) is 0.0909. The van der Waals surface area contributed by atoms with E-state index in [0.717, 1.165) is 25.9 Å². The van der Waals surface area contributed by atoms with Crippen LogP contribution in [0.2, 0.25) is 0 Å². The first-order valence-corrected chi connectivity index (χ1v) is 8.49. The highest BCUT2D eigenvalue weighted by atomic mass is 16.5. The number of rotatable bonds is 3. The van der Waals surface area contributed by atoms with Gasteiger partial charge in [0.05, 0.1) is 7.11 Å². The number of piperidine rings is 1. The number of carbonyl (C=O) groups excluding carboxylic acids is 2. The molecule has 0 spiro atoms. The normalized spacial score (nSPS) is 22.7. The molecule has 6 heteroatoms. The Morgan fingerprint density at radius 2 is 1.64 bits per heavy atom. The molecule has 0 aliphatic carbocycles. The van der Waals surface area contributed by atoms with Crippen LogP contribution in [0.15, 0.2) is 0 Å². The van der Waals surface area contributed by atoms with Crippen LogP contribution in [0.3, 0.4) is 0 Å². The smallest absolute Gasteiger partial charge is 0.407 e. The van der Waals surface area contributed by atoms with Gasteiger partial charge in [-0.2, -0.15) is 0 Å². The standard InChI is InChI=1S/C16H29N3O3/c1-13(17-16(21)22-2)15(20)19-11-7-14(8-12-19)18-9-5-3-4-6-10-18/h13-14H,3-12H2,1-2H3,(H,17,21)/t13-/m0/s1. The number of nitrogens with zero attached hydrogens (tertiary/aromatic N) is 2. The number of alkyl carbamates (subject to hydrolysis) is 1. The number of hydrogen-bond donors (Lipinski definition) is 1. The third-order valence-electron chi connectivity index (χ3n) is 4.82. The molecule has 22 heavy (non-hydrogen) atoms. The van der Waals surface area contributed by atoms with E-state index in [1.807, 2.05) is 4.90 Å². The van der Waals surface area contributed by atoms with E-state index in [1.54, 1.807) is 6.92 Å². The lowest BCUT2D eigenvalue weighted by Crippen LogP contribution is -2.52. The number of methoxy groups -OCH3 is 1. The number of ether oxygens (including phenoxy) is 1. The van der Waals surface area contributed by atoms with E-state index in [4.69, 9.17) is 0 Å². The molecule has 2 saturated heterocycles. The van der Waals surface area contributed by atoms with Crippen molar-refractivity contribution in [3.8, 4) is 0 Å². The van der Waals surface area contributed by atoms with E-state index in [2.05, 4.69) is 15.0 Å². The lowest BCUT2D eigenvalue weighted by Gasteiger charge is -2.39. The first kappa shape index (κ1) is 17.1. The Hall–Kier alpha value is -1.30. The highest BCUT2D eigenvalue weighted by molar-refractivity contribution is 5.85. The van der Waals surface area contributed by atoms with Gasteiger partial charge in [0.25, 0.3) is 0 Å². The Balaban J connectivity index is 1.78. The Kier molecular flexibility index (Phi) is 6.49. The van der Waals surface area contributed by atoms with Crippen molar-refractivity contribution in [1.29, 1.82) is 0 Å². The number of nitrogens with one attached hydrogen (secondary N) is 1. The number of likely N-dealkylation sites (tertiary alicyclic amines) is 2. The molecule has 2 fully saturated rings. The van der Waals surface area contributed by atoms with Crippen LogP contribution in [0.4, 0.5) is 4.79 Å². The van der Waals surface area contributed by atoms with Crippen LogP contribution in [0.25, 0.3) is 0 Å². The summed E-state index contributed by atoms with van der Waals surface area (Å²) in [6.07, 6.45) is 6.83. The van der Waals surface area contributed by atoms with Crippen molar-refractivity contribution in [2.45, 2.75) is 57.5 Å². The summed E-state index contributed by atoms with van der Waals surface area (Å²) in [6.45, 7) is 5.69. The summed E-state index contributed by atoms with van der Waals surface area (Å²) in [5.74, 6) is -0.0142. The van der Waals surface area contributed by atoms with Gasteiger partial charge in [-0.05, 0) is 45.7 Å². The molecular formula is C16H29N3O3. The molecule has 2 heterocycles. The molecular weight excluding hydrogens is 282 g/mol. The van der Waals surface area contributed by atoms with Crippen LogP contribution >= 0.6 is 0 Å². The van der Waals surface area contributed by atoms with E-state index in [9.17, 15) is 9.59 Å². The molecule has 0 aromatic heterocycles. The molecule has 2 aliphatic heterocycles. The summed E-state index contributed by atoms with van der Waals surface area (Å²) in [7, 11) is 1.30. The first-order chi connectivity index (χ1) is 10.6. The predicted octanol–water partition coefficient (Wildman–Crippen LogP) is 1.60. The lowest BCUT2D eigenvalue weighted by atomic mass is 10.0. The summed E-state index contributed by atoms with van der Waals surface area (Å²) in [4.78, 5) is 28.0. The quantitative estimate of drug-likeness (QED) is 0.860. The van der Waals surface area contributed by atoms with E-state index >= 15 is 0 Å². The first-order valence-electron chi connectivity index (χ1n) is 8.49. The summed E-state index contributed by atoms with van der Waals surface area (Å²) < 4.78 is 4.54. The molecule has 6 nitrogen and oxygen atoms in total. The van der Waals surface area contributed by atoms with E-state index < -0.39 is 12.1 Å². The van der Waals surface area contributed by atoms with Gasteiger partial charge in [0, 0.05) is 19.1 Å². The van der Waals surface area contributed by atoms with Gasteiger partial charge in [-0.3, -0.25) is 4.79 Å². The number of amides is 2. The zero-order valence-electron chi connectivity index (χ0n) is 13.8. The van der Waals surface area contributed by atoms with Crippen molar-refractivity contribution in [3.05, 3.63) is 0 Å². The van der Waals surface area contributed by atoms with Crippen LogP contribution < -0.4 is 5.32 Å². The highest BCUT2D eigenvalue weighted by Crippen LogP contribution is 2.21. The second-order valence-corrected chi connectivity index (χ2v) is 6.36. The van der Waals surface area contributed by atoms with Gasteiger partial charge >= 0.3 is 6.09 Å². The average Bonchev–Trinajstić information content (AvgIpc) is 2.83. The fourth-order valence-corrected chi connectivity index (χ4v) is 3.48. The van der Waals surface area contributed by atoms with Crippen molar-refractivity contribution in [2.75, 3.05) is 33.3 Å². The van der Waals surface area contributed by atoms with Gasteiger partial charge in [-0.15, -0.1) is 0 Å². The molecule has 1 atom stereocenters. The average molecular weight is 311 g/mol. The largest absolute Gasteiger partial charge is 0.453 e. The van der Waals surface area contributed by atoms with Crippen molar-refractivity contribution in [3.63, 3.8) is 0 Å². The molecule has 0 unspecified atom stereocenters. The maximum Gasteiger partial charge on any atom is 0.407 e. The van der Waals surface area contributed by atoms with Gasteiger partial charge in [0.2, 0.25) is 5.91 Å². The topological polar surface area (TPSA) is 61.9 Å². The lowest BCUT2D eigenvalue weighted by molar-refractivity contribution is -0.134. The predicted molar refractivity (Wildman–Crippen MR) is 84.6 cm³/mol. The van der Waals surface area contributed by atoms with Crippen LogP contribution in [-0.4, -0.2) is 67.2 Å². The van der Waals surface area contributed by atoms with Crippen LogP contribution in [0, 0.1) is 0 Å². The number of hydrogen-bond acceptors (Lipinski definition) is 4. The second-order valence-electron chi connectivity index (χ2n) is 6.36. The fourth-order valence-electron chi connectivity index (χ4n) is 3.48. The molecule has 126 valence electrons. The second kappa shape index (κ2) is 8.36. The molecule has 0 radical (unpaired) electrons. The molecule has 0 saturated carbocycles. The minimum Gasteiger partial charge on any atom is -0.453 e. The van der Waals surface area contributed by atoms with Crippen LogP contribution in [0.1, 0.15) is 45.4 Å². The molecule has 2 rings (SSSR count).